The predicted octanol–water partition coefficient (Wildman–Crippen LogP) is 2.39. The first-order valence-electron chi connectivity index (χ1n) is 8.47. The van der Waals surface area contributed by atoms with Crippen LogP contribution in [0.2, 0.25) is 5.02 Å². The molecular weight excluding hydrogens is 356 g/mol. The molecule has 0 unspecified atom stereocenters. The highest BCUT2D eigenvalue weighted by atomic mass is 35.5. The Bertz CT molecular complexity index is 819. The Morgan fingerprint density at radius 2 is 2.19 bits per heavy atom. The maximum atomic E-state index is 12.2. The molecule has 136 valence electrons. The minimum Gasteiger partial charge on any atom is -0.481 e. The molecule has 0 bridgehead atoms. The number of rotatable bonds is 5. The zero-order valence-corrected chi connectivity index (χ0v) is 15.1. The van der Waals surface area contributed by atoms with E-state index >= 15 is 0 Å². The largest absolute Gasteiger partial charge is 0.481 e. The molecule has 0 aliphatic carbocycles. The van der Waals surface area contributed by atoms with Crippen molar-refractivity contribution in [1.82, 2.24) is 14.9 Å². The number of fused-ring (bicyclic) bond motifs is 1. The van der Waals surface area contributed by atoms with Gasteiger partial charge in [0.25, 0.3) is 0 Å². The molecule has 3 heterocycles. The summed E-state index contributed by atoms with van der Waals surface area (Å²) in [6.07, 6.45) is 1.82. The number of amides is 1. The van der Waals surface area contributed by atoms with E-state index in [2.05, 4.69) is 14.9 Å². The summed E-state index contributed by atoms with van der Waals surface area (Å²) >= 11 is 6.04. The summed E-state index contributed by atoms with van der Waals surface area (Å²) in [6.45, 7) is 1.89. The van der Waals surface area contributed by atoms with Gasteiger partial charge in [-0.2, -0.15) is 0 Å². The van der Waals surface area contributed by atoms with Crippen molar-refractivity contribution >= 4 is 23.5 Å². The first-order valence-corrected chi connectivity index (χ1v) is 8.84. The highest BCUT2D eigenvalue weighted by Gasteiger charge is 2.47. The van der Waals surface area contributed by atoms with E-state index in [0.29, 0.717) is 30.5 Å². The molecule has 1 aromatic carbocycles. The fourth-order valence-corrected chi connectivity index (χ4v) is 3.72. The van der Waals surface area contributed by atoms with Gasteiger partial charge in [0.2, 0.25) is 5.88 Å². The molecule has 0 saturated carbocycles. The summed E-state index contributed by atoms with van der Waals surface area (Å²) in [5, 5.41) is 0.703. The van der Waals surface area contributed by atoms with Gasteiger partial charge in [0.1, 0.15) is 18.2 Å². The lowest BCUT2D eigenvalue weighted by Gasteiger charge is -2.23. The van der Waals surface area contributed by atoms with Crippen LogP contribution in [0.15, 0.2) is 36.7 Å². The van der Waals surface area contributed by atoms with Gasteiger partial charge in [-0.25, -0.2) is 14.8 Å². The topological polar surface area (TPSA) is 67.8 Å². The van der Waals surface area contributed by atoms with Crippen molar-refractivity contribution in [3.8, 4) is 5.88 Å². The van der Waals surface area contributed by atoms with E-state index in [0.717, 1.165) is 17.8 Å². The number of ether oxygens (including phenoxy) is 2. The monoisotopic (exact) mass is 374 g/mol. The van der Waals surface area contributed by atoms with Crippen molar-refractivity contribution in [3.63, 3.8) is 0 Å². The van der Waals surface area contributed by atoms with Crippen molar-refractivity contribution < 1.29 is 14.3 Å². The average molecular weight is 375 g/mol. The molecule has 2 saturated heterocycles. The minimum absolute atomic E-state index is 0.0163. The number of nitrogens with zero attached hydrogens (tertiary/aromatic N) is 4. The Balaban J connectivity index is 1.44. The first-order chi connectivity index (χ1) is 12.6. The van der Waals surface area contributed by atoms with Crippen LogP contribution < -0.4 is 9.64 Å². The number of hydrogen-bond acceptors (Lipinski definition) is 6. The summed E-state index contributed by atoms with van der Waals surface area (Å²) in [5.41, 5.74) is 1.10. The molecule has 0 spiro atoms. The fraction of sp³-hybridized carbons (Fsp3) is 0.389. The van der Waals surface area contributed by atoms with Crippen LogP contribution in [0.4, 0.5) is 10.6 Å². The molecule has 1 aromatic heterocycles. The van der Waals surface area contributed by atoms with Gasteiger partial charge in [0.15, 0.2) is 0 Å². The molecule has 4 rings (SSSR count). The molecule has 26 heavy (non-hydrogen) atoms. The van der Waals surface area contributed by atoms with E-state index in [1.807, 2.05) is 29.2 Å². The molecule has 2 fully saturated rings. The molecule has 2 atom stereocenters. The van der Waals surface area contributed by atoms with E-state index < -0.39 is 0 Å². The number of carbonyl (C=O) groups excluding carboxylic acids is 1. The second-order valence-corrected chi connectivity index (χ2v) is 6.82. The van der Waals surface area contributed by atoms with Crippen molar-refractivity contribution in [2.75, 3.05) is 31.6 Å². The van der Waals surface area contributed by atoms with Crippen molar-refractivity contribution in [1.29, 1.82) is 0 Å². The number of anilines is 1. The molecular formula is C18H19ClN4O3. The van der Waals surface area contributed by atoms with Crippen LogP contribution in [-0.2, 0) is 11.2 Å². The third kappa shape index (κ3) is 3.26. The number of hydrogen-bond donors (Lipinski definition) is 0. The first kappa shape index (κ1) is 16.9. The molecule has 1 amide bonds. The van der Waals surface area contributed by atoms with Gasteiger partial charge in [-0.05, 0) is 24.1 Å². The second-order valence-electron chi connectivity index (χ2n) is 6.39. The zero-order valence-electron chi connectivity index (χ0n) is 14.3. The molecule has 7 nitrogen and oxygen atoms in total. The van der Waals surface area contributed by atoms with Crippen LogP contribution in [-0.4, -0.2) is 59.9 Å². The van der Waals surface area contributed by atoms with E-state index in [-0.39, 0.29) is 18.2 Å². The van der Waals surface area contributed by atoms with Gasteiger partial charge < -0.3 is 14.4 Å². The minimum atomic E-state index is -0.248. The van der Waals surface area contributed by atoms with Gasteiger partial charge in [-0.3, -0.25) is 4.90 Å². The quantitative estimate of drug-likeness (QED) is 0.800. The maximum Gasteiger partial charge on any atom is 0.410 e. The van der Waals surface area contributed by atoms with Crippen LogP contribution in [0, 0.1) is 0 Å². The second kappa shape index (κ2) is 6.99. The molecule has 0 radical (unpaired) electrons. The van der Waals surface area contributed by atoms with Crippen molar-refractivity contribution in [3.05, 3.63) is 47.2 Å². The summed E-state index contributed by atoms with van der Waals surface area (Å²) in [7, 11) is 1.57. The number of methoxy groups -OCH3 is 1. The van der Waals surface area contributed by atoms with Gasteiger partial charge in [-0.1, -0.05) is 23.7 Å². The number of aromatic nitrogens is 2. The zero-order chi connectivity index (χ0) is 18.1. The Hall–Kier alpha value is -2.54. The normalized spacial score (nSPS) is 21.7. The summed E-state index contributed by atoms with van der Waals surface area (Å²) in [5.74, 6) is 1.29. The Kier molecular flexibility index (Phi) is 4.55. The highest BCUT2D eigenvalue weighted by Crippen LogP contribution is 2.30. The van der Waals surface area contributed by atoms with Gasteiger partial charge in [0.05, 0.1) is 19.7 Å². The Morgan fingerprint density at radius 3 is 3.00 bits per heavy atom. The van der Waals surface area contributed by atoms with Crippen LogP contribution in [0.25, 0.3) is 0 Å². The average Bonchev–Trinajstić information content (AvgIpc) is 3.17. The number of halogens is 1. The summed E-state index contributed by atoms with van der Waals surface area (Å²) in [4.78, 5) is 24.5. The Morgan fingerprint density at radius 1 is 1.31 bits per heavy atom. The van der Waals surface area contributed by atoms with E-state index in [1.54, 1.807) is 13.2 Å². The lowest BCUT2D eigenvalue weighted by molar-refractivity contribution is 0.136. The summed E-state index contributed by atoms with van der Waals surface area (Å²) in [6, 6.07) is 9.51. The molecule has 2 aliphatic rings. The standard InChI is InChI=1S/C18H19ClN4O3/c1-25-17-8-16(20-11-21-17)22-9-14-15(10-22)26-18(24)23(14)6-5-12-3-2-4-13(19)7-12/h2-4,7-8,11,14-15H,5-6,9-10H2,1H3/t14-,15+/m1/s1. The van der Waals surface area contributed by atoms with Crippen LogP contribution in [0.5, 0.6) is 5.88 Å². The predicted molar refractivity (Wildman–Crippen MR) is 96.7 cm³/mol. The van der Waals surface area contributed by atoms with Crippen LogP contribution >= 0.6 is 11.6 Å². The van der Waals surface area contributed by atoms with E-state index in [4.69, 9.17) is 21.1 Å². The maximum absolute atomic E-state index is 12.2. The Labute approximate surface area is 156 Å². The van der Waals surface area contributed by atoms with Gasteiger partial charge in [-0.15, -0.1) is 0 Å². The van der Waals surface area contributed by atoms with E-state index in [1.165, 1.54) is 6.33 Å². The molecule has 8 heteroatoms. The summed E-state index contributed by atoms with van der Waals surface area (Å²) < 4.78 is 10.7. The lowest BCUT2D eigenvalue weighted by Crippen LogP contribution is -2.39. The molecule has 2 aliphatic heterocycles. The fourth-order valence-electron chi connectivity index (χ4n) is 3.51. The van der Waals surface area contributed by atoms with Gasteiger partial charge >= 0.3 is 6.09 Å². The number of benzene rings is 1. The SMILES string of the molecule is COc1cc(N2C[C@@H]3OC(=O)N(CCc4cccc(Cl)c4)[C@@H]3C2)ncn1. The van der Waals surface area contributed by atoms with E-state index in [9.17, 15) is 4.79 Å². The van der Waals surface area contributed by atoms with Crippen molar-refractivity contribution in [2.24, 2.45) is 0 Å². The van der Waals surface area contributed by atoms with Crippen LogP contribution in [0.3, 0.4) is 0 Å². The van der Waals surface area contributed by atoms with Gasteiger partial charge in [0, 0.05) is 24.2 Å². The lowest BCUT2D eigenvalue weighted by atomic mass is 10.1. The third-order valence-corrected chi connectivity index (χ3v) is 5.05. The van der Waals surface area contributed by atoms with Crippen LogP contribution in [0.1, 0.15) is 5.56 Å². The number of carbonyl (C=O) groups is 1. The third-order valence-electron chi connectivity index (χ3n) is 4.82. The highest BCUT2D eigenvalue weighted by molar-refractivity contribution is 6.30. The molecule has 2 aromatic rings. The van der Waals surface area contributed by atoms with Crippen molar-refractivity contribution in [2.45, 2.75) is 18.6 Å². The smallest absolute Gasteiger partial charge is 0.410 e. The molecule has 0 N–H and O–H groups in total.